The second kappa shape index (κ2) is 4.34. The molecule has 24 heavy (non-hydrogen) atoms. The molecule has 0 aliphatic rings. The molecule has 2 nitrogen and oxygen atoms in total. The summed E-state index contributed by atoms with van der Waals surface area (Å²) in [7, 11) is 0. The van der Waals surface area contributed by atoms with Gasteiger partial charge in [0, 0.05) is 27.9 Å². The molecule has 0 spiro atoms. The van der Waals surface area contributed by atoms with E-state index in [1.54, 1.807) is 0 Å². The van der Waals surface area contributed by atoms with Crippen LogP contribution < -0.4 is 0 Å². The van der Waals surface area contributed by atoms with E-state index in [1.165, 1.54) is 47.4 Å². The molecule has 1 N–H and O–H groups in total. The largest absolute Gasteiger partial charge is 0.353 e. The molecule has 3 heteroatoms. The van der Waals surface area contributed by atoms with Gasteiger partial charge in [0.15, 0.2) is 0 Å². The van der Waals surface area contributed by atoms with Crippen LogP contribution in [0.25, 0.3) is 52.9 Å². The van der Waals surface area contributed by atoms with Crippen molar-refractivity contribution < 1.29 is 0 Å². The molecule has 0 fully saturated rings. The van der Waals surface area contributed by atoms with Crippen molar-refractivity contribution >= 4 is 64.2 Å². The van der Waals surface area contributed by atoms with Crippen LogP contribution >= 0.6 is 11.3 Å². The highest BCUT2D eigenvalue weighted by Gasteiger charge is 2.17. The molecule has 6 aromatic rings. The molecule has 0 aliphatic heterocycles. The molecular formula is C21H12N2S. The molecule has 0 amide bonds. The molecule has 3 heterocycles. The van der Waals surface area contributed by atoms with Crippen molar-refractivity contribution in [3.8, 4) is 0 Å². The Morgan fingerprint density at radius 2 is 1.50 bits per heavy atom. The van der Waals surface area contributed by atoms with Crippen molar-refractivity contribution in [1.82, 2.24) is 9.97 Å². The molecule has 112 valence electrons. The van der Waals surface area contributed by atoms with Crippen LogP contribution in [0.3, 0.4) is 0 Å². The van der Waals surface area contributed by atoms with Gasteiger partial charge in [0.2, 0.25) is 0 Å². The van der Waals surface area contributed by atoms with Gasteiger partial charge in [-0.15, -0.1) is 11.3 Å². The number of pyridine rings is 1. The quantitative estimate of drug-likeness (QED) is 0.352. The van der Waals surface area contributed by atoms with Gasteiger partial charge in [-0.1, -0.05) is 42.5 Å². The van der Waals surface area contributed by atoms with E-state index in [2.05, 4.69) is 64.6 Å². The summed E-state index contributed by atoms with van der Waals surface area (Å²) in [5.74, 6) is 0. The highest BCUT2D eigenvalue weighted by atomic mass is 32.1. The second-order valence-corrected chi connectivity index (χ2v) is 7.17. The molecule has 0 radical (unpaired) electrons. The zero-order valence-corrected chi connectivity index (χ0v) is 13.5. The lowest BCUT2D eigenvalue weighted by molar-refractivity contribution is 1.44. The normalized spacial score (nSPS) is 12.2. The molecule has 3 aromatic carbocycles. The summed E-state index contributed by atoms with van der Waals surface area (Å²) in [6.45, 7) is 0. The number of H-pyrrole nitrogens is 1. The number of hydrogen-bond acceptors (Lipinski definition) is 2. The molecule has 0 bridgehead atoms. The summed E-state index contributed by atoms with van der Waals surface area (Å²) in [4.78, 5) is 8.33. The summed E-state index contributed by atoms with van der Waals surface area (Å²) in [6, 6.07) is 21.4. The molecule has 0 saturated carbocycles. The lowest BCUT2D eigenvalue weighted by atomic mass is 10.0. The van der Waals surface area contributed by atoms with Crippen LogP contribution in [0.5, 0.6) is 0 Å². The number of thiophene rings is 1. The minimum absolute atomic E-state index is 1.11. The van der Waals surface area contributed by atoms with Gasteiger partial charge >= 0.3 is 0 Å². The zero-order chi connectivity index (χ0) is 15.7. The van der Waals surface area contributed by atoms with Crippen molar-refractivity contribution in [2.75, 3.05) is 0 Å². The first kappa shape index (κ1) is 12.5. The first-order chi connectivity index (χ1) is 11.9. The third-order valence-electron chi connectivity index (χ3n) is 4.85. The molecule has 6 rings (SSSR count). The van der Waals surface area contributed by atoms with Crippen LogP contribution in [0.2, 0.25) is 0 Å². The number of nitrogens with zero attached hydrogens (tertiary/aromatic N) is 1. The monoisotopic (exact) mass is 324 g/mol. The summed E-state index contributed by atoms with van der Waals surface area (Å²) < 4.78 is 2.54. The fourth-order valence-corrected chi connectivity index (χ4v) is 5.05. The van der Waals surface area contributed by atoms with Gasteiger partial charge < -0.3 is 4.98 Å². The molecule has 0 aliphatic carbocycles. The fraction of sp³-hybridized carbons (Fsp3) is 0. The van der Waals surface area contributed by atoms with Gasteiger partial charge in [-0.05, 0) is 29.0 Å². The summed E-state index contributed by atoms with van der Waals surface area (Å²) in [5.41, 5.74) is 3.53. The minimum atomic E-state index is 1.11. The van der Waals surface area contributed by atoms with Gasteiger partial charge in [-0.3, -0.25) is 4.98 Å². The Labute approximate surface area is 141 Å². The Balaban J connectivity index is 2.07. The number of nitrogens with one attached hydrogen (secondary N) is 1. The first-order valence-corrected chi connectivity index (χ1v) is 8.82. The van der Waals surface area contributed by atoms with Crippen molar-refractivity contribution in [3.05, 3.63) is 66.9 Å². The lowest BCUT2D eigenvalue weighted by Gasteiger charge is -2.03. The van der Waals surface area contributed by atoms with E-state index in [1.807, 2.05) is 23.6 Å². The van der Waals surface area contributed by atoms with Crippen LogP contribution in [0.1, 0.15) is 0 Å². The maximum absolute atomic E-state index is 4.68. The van der Waals surface area contributed by atoms with Gasteiger partial charge in [0.25, 0.3) is 0 Å². The van der Waals surface area contributed by atoms with Gasteiger partial charge in [-0.2, -0.15) is 0 Å². The number of para-hydroxylation sites is 1. The Kier molecular flexibility index (Phi) is 2.26. The standard InChI is InChI=1S/C21H12N2S/c1-2-7-13-12(6-1)17-14-8-3-4-9-15(14)23-20(17)21-18(13)19-16(24-21)10-5-11-22-19/h1-11,23H. The third-order valence-corrected chi connectivity index (χ3v) is 6.01. The number of hydrogen-bond donors (Lipinski definition) is 1. The number of rotatable bonds is 0. The predicted molar refractivity (Wildman–Crippen MR) is 104 cm³/mol. The molecule has 0 unspecified atom stereocenters. The SMILES string of the molecule is c1ccc2c(c1)[nH]c1c3sc4cccnc4c3c3ccccc3c21. The molecule has 0 atom stereocenters. The Hall–Kier alpha value is -2.91. The molecule has 3 aromatic heterocycles. The maximum atomic E-state index is 4.68. The van der Waals surface area contributed by atoms with Crippen molar-refractivity contribution in [1.29, 1.82) is 0 Å². The van der Waals surface area contributed by atoms with Gasteiger partial charge in [0.1, 0.15) is 0 Å². The van der Waals surface area contributed by atoms with E-state index in [0.717, 1.165) is 5.52 Å². The Morgan fingerprint density at radius 1 is 0.750 bits per heavy atom. The number of fused-ring (bicyclic) bond motifs is 10. The third kappa shape index (κ3) is 1.43. The average Bonchev–Trinajstić information content (AvgIpc) is 3.21. The average molecular weight is 324 g/mol. The maximum Gasteiger partial charge on any atom is 0.0895 e. The van der Waals surface area contributed by atoms with E-state index < -0.39 is 0 Å². The number of benzene rings is 3. The number of aromatic nitrogens is 2. The topological polar surface area (TPSA) is 28.7 Å². The van der Waals surface area contributed by atoms with Crippen molar-refractivity contribution in [2.24, 2.45) is 0 Å². The highest BCUT2D eigenvalue weighted by Crippen LogP contribution is 2.44. The van der Waals surface area contributed by atoms with Crippen LogP contribution in [-0.4, -0.2) is 9.97 Å². The Morgan fingerprint density at radius 3 is 2.38 bits per heavy atom. The van der Waals surface area contributed by atoms with Crippen molar-refractivity contribution in [3.63, 3.8) is 0 Å². The minimum Gasteiger partial charge on any atom is -0.353 e. The van der Waals surface area contributed by atoms with E-state index in [-0.39, 0.29) is 0 Å². The summed E-state index contributed by atoms with van der Waals surface area (Å²) in [5, 5.41) is 6.46. The van der Waals surface area contributed by atoms with E-state index >= 15 is 0 Å². The lowest BCUT2D eigenvalue weighted by Crippen LogP contribution is -1.79. The molecular weight excluding hydrogens is 312 g/mol. The zero-order valence-electron chi connectivity index (χ0n) is 12.7. The van der Waals surface area contributed by atoms with Crippen LogP contribution in [0, 0.1) is 0 Å². The van der Waals surface area contributed by atoms with Crippen LogP contribution in [0.15, 0.2) is 66.9 Å². The van der Waals surface area contributed by atoms with E-state index in [0.29, 0.717) is 0 Å². The number of aromatic amines is 1. The summed E-state index contributed by atoms with van der Waals surface area (Å²) >= 11 is 1.83. The van der Waals surface area contributed by atoms with Gasteiger partial charge in [-0.25, -0.2) is 0 Å². The Bertz CT molecular complexity index is 1300. The van der Waals surface area contributed by atoms with Crippen LogP contribution in [-0.2, 0) is 0 Å². The van der Waals surface area contributed by atoms with Crippen molar-refractivity contribution in [2.45, 2.75) is 0 Å². The first-order valence-electron chi connectivity index (χ1n) is 8.00. The van der Waals surface area contributed by atoms with E-state index in [9.17, 15) is 0 Å². The van der Waals surface area contributed by atoms with Gasteiger partial charge in [0.05, 0.1) is 20.4 Å². The fourth-order valence-electron chi connectivity index (χ4n) is 3.87. The second-order valence-electron chi connectivity index (χ2n) is 6.12. The highest BCUT2D eigenvalue weighted by molar-refractivity contribution is 7.26. The smallest absolute Gasteiger partial charge is 0.0895 e. The molecule has 0 saturated heterocycles. The predicted octanol–water partition coefficient (Wildman–Crippen LogP) is 6.24. The van der Waals surface area contributed by atoms with E-state index in [4.69, 9.17) is 0 Å². The van der Waals surface area contributed by atoms with Crippen LogP contribution in [0.4, 0.5) is 0 Å². The summed E-state index contributed by atoms with van der Waals surface area (Å²) in [6.07, 6.45) is 1.89.